The molecule has 0 bridgehead atoms. The van der Waals surface area contributed by atoms with Gasteiger partial charge in [0.1, 0.15) is 42.3 Å². The zero-order chi connectivity index (χ0) is 52.7. The average molecular weight is 1010 g/mol. The van der Waals surface area contributed by atoms with Gasteiger partial charge in [0, 0.05) is 18.8 Å². The fraction of sp³-hybridized carbons (Fsp3) is 0.649. The monoisotopic (exact) mass is 1010 g/mol. The summed E-state index contributed by atoms with van der Waals surface area (Å²) < 4.78 is 0. The number of aliphatic carboxylic acids is 1. The molecule has 1 heterocycles. The number of hydrogen-bond acceptors (Lipinski definition) is 18. The van der Waals surface area contributed by atoms with Crippen LogP contribution in [0, 0.1) is 0 Å². The van der Waals surface area contributed by atoms with Crippen LogP contribution in [0.15, 0.2) is 4.99 Å². The van der Waals surface area contributed by atoms with Crippen molar-refractivity contribution >= 4 is 89.5 Å². The fourth-order valence-corrected chi connectivity index (χ4v) is 6.50. The molecule has 388 valence electrons. The van der Waals surface area contributed by atoms with Crippen molar-refractivity contribution in [2.75, 3.05) is 38.5 Å². The van der Waals surface area contributed by atoms with E-state index in [0.717, 1.165) is 18.7 Å². The standard InChI is InChI=1S/C37H63N15O16S/c1-15(54)27(29(40)61)50-32(64)18(9-23(39)56)47-36(68)28(16(2)55)51-34(66)21(14-69)49-33(65)20(13-53)48-35(67)22-6-4-8-52(22)25(58)12-45-31(63)19(10-26(59)60)46-24(57)11-44-30(62)17(38)5-3-7-43-37(41)42/h15-22,27-28,53-55,69H,3-14,38H2,1-2H3,(H2,39,56)(H2,40,61)(H,44,62)(H,45,63)(H,46,57)(H,47,68)(H,48,67)(H,49,65)(H,50,64)(H,51,66)(H,59,60)(H4,41,42,43)/t15-,16-,17+,18+,19+,20+,21+,22+,27+,28+/m1/s1. The Balaban J connectivity index is 2.94. The van der Waals surface area contributed by atoms with E-state index in [1.807, 2.05) is 0 Å². The maximum Gasteiger partial charge on any atom is 0.305 e. The second-order valence-electron chi connectivity index (χ2n) is 15.5. The number of carbonyl (C=O) groups excluding carboxylic acids is 11. The van der Waals surface area contributed by atoms with Gasteiger partial charge < -0.3 is 96.5 Å². The van der Waals surface area contributed by atoms with Gasteiger partial charge >= 0.3 is 5.97 Å². The van der Waals surface area contributed by atoms with E-state index in [1.54, 1.807) is 0 Å². The highest BCUT2D eigenvalue weighted by molar-refractivity contribution is 7.80. The molecule has 0 spiro atoms. The molecule has 0 aromatic rings. The van der Waals surface area contributed by atoms with Crippen LogP contribution in [0.5, 0.6) is 0 Å². The Morgan fingerprint density at radius 2 is 1.25 bits per heavy atom. The number of aliphatic hydroxyl groups is 3. The number of likely N-dealkylation sites (tertiary alicyclic amines) is 1. The van der Waals surface area contributed by atoms with Crippen LogP contribution in [0.25, 0.3) is 0 Å². The summed E-state index contributed by atoms with van der Waals surface area (Å²) in [5, 5.41) is 56.8. The number of rotatable bonds is 30. The lowest BCUT2D eigenvalue weighted by Crippen LogP contribution is -2.62. The number of nitrogens with one attached hydrogen (secondary N) is 8. The summed E-state index contributed by atoms with van der Waals surface area (Å²) in [6, 6.07) is -12.7. The third-order valence-corrected chi connectivity index (χ3v) is 10.2. The summed E-state index contributed by atoms with van der Waals surface area (Å²) >= 11 is 4.03. The van der Waals surface area contributed by atoms with Gasteiger partial charge in [0.2, 0.25) is 65.0 Å². The van der Waals surface area contributed by atoms with E-state index < -0.39 is 170 Å². The molecule has 1 aliphatic heterocycles. The Bertz CT molecular complexity index is 1920. The highest BCUT2D eigenvalue weighted by Gasteiger charge is 2.38. The molecule has 0 aromatic carbocycles. The lowest BCUT2D eigenvalue weighted by Gasteiger charge is -2.28. The zero-order valence-electron chi connectivity index (χ0n) is 37.7. The first-order valence-corrected chi connectivity index (χ1v) is 21.7. The predicted molar refractivity (Wildman–Crippen MR) is 240 cm³/mol. The fourth-order valence-electron chi connectivity index (χ4n) is 6.25. The quantitative estimate of drug-likeness (QED) is 0.0137. The van der Waals surface area contributed by atoms with Crippen molar-refractivity contribution in [2.24, 2.45) is 33.7 Å². The Morgan fingerprint density at radius 3 is 1.78 bits per heavy atom. The maximum absolute atomic E-state index is 13.4. The summed E-state index contributed by atoms with van der Waals surface area (Å²) in [5.74, 6) is -13.7. The topological polar surface area (TPSA) is 528 Å². The Morgan fingerprint density at radius 1 is 0.696 bits per heavy atom. The van der Waals surface area contributed by atoms with E-state index in [-0.39, 0.29) is 38.3 Å². The van der Waals surface area contributed by atoms with Crippen molar-refractivity contribution in [1.82, 2.24) is 47.4 Å². The number of nitrogens with zero attached hydrogens (tertiary/aromatic N) is 2. The number of primary amides is 2. The van der Waals surface area contributed by atoms with Crippen molar-refractivity contribution in [3.8, 4) is 0 Å². The smallest absolute Gasteiger partial charge is 0.305 e. The minimum atomic E-state index is -1.88. The number of guanidine groups is 1. The number of nitrogens with two attached hydrogens (primary N) is 5. The molecular formula is C37H63N15O16S. The molecule has 10 atom stereocenters. The lowest BCUT2D eigenvalue weighted by atomic mass is 10.1. The minimum Gasteiger partial charge on any atom is -0.481 e. The maximum atomic E-state index is 13.4. The van der Waals surface area contributed by atoms with Crippen LogP contribution >= 0.6 is 12.6 Å². The molecule has 0 aliphatic carbocycles. The molecule has 31 nitrogen and oxygen atoms in total. The van der Waals surface area contributed by atoms with Gasteiger partial charge in [-0.3, -0.25) is 62.5 Å². The molecule has 0 unspecified atom stereocenters. The van der Waals surface area contributed by atoms with E-state index in [0.29, 0.717) is 6.42 Å². The minimum absolute atomic E-state index is 0.0160. The molecule has 22 N–H and O–H groups in total. The second kappa shape index (κ2) is 29.8. The average Bonchev–Trinajstić information content (AvgIpc) is 3.77. The van der Waals surface area contributed by atoms with Crippen LogP contribution in [-0.2, 0) is 57.5 Å². The van der Waals surface area contributed by atoms with Crippen molar-refractivity contribution in [2.45, 2.75) is 113 Å². The second-order valence-corrected chi connectivity index (χ2v) is 15.9. The van der Waals surface area contributed by atoms with Gasteiger partial charge in [-0.1, -0.05) is 0 Å². The summed E-state index contributed by atoms with van der Waals surface area (Å²) in [5.41, 5.74) is 26.6. The van der Waals surface area contributed by atoms with Gasteiger partial charge in [-0.15, -0.1) is 0 Å². The number of aliphatic hydroxyl groups excluding tert-OH is 3. The van der Waals surface area contributed by atoms with E-state index >= 15 is 0 Å². The summed E-state index contributed by atoms with van der Waals surface area (Å²) in [6.07, 6.45) is -4.16. The van der Waals surface area contributed by atoms with E-state index in [2.05, 4.69) is 60.2 Å². The molecule has 0 radical (unpaired) electrons. The van der Waals surface area contributed by atoms with Gasteiger partial charge in [-0.05, 0) is 39.5 Å². The molecule has 0 aromatic heterocycles. The van der Waals surface area contributed by atoms with Gasteiger partial charge in [0.15, 0.2) is 5.96 Å². The van der Waals surface area contributed by atoms with Crippen LogP contribution in [-0.4, -0.2) is 201 Å². The van der Waals surface area contributed by atoms with Crippen LogP contribution in [0.4, 0.5) is 0 Å². The number of aliphatic imine (C=N–C) groups is 1. The Kier molecular flexibility index (Phi) is 25.9. The van der Waals surface area contributed by atoms with Crippen LogP contribution in [0.3, 0.4) is 0 Å². The molecule has 69 heavy (non-hydrogen) atoms. The van der Waals surface area contributed by atoms with Gasteiger partial charge in [0.05, 0.1) is 50.8 Å². The lowest BCUT2D eigenvalue weighted by molar-refractivity contribution is -0.142. The molecule has 11 amide bonds. The van der Waals surface area contributed by atoms with Crippen molar-refractivity contribution in [3.63, 3.8) is 0 Å². The first-order valence-electron chi connectivity index (χ1n) is 21.1. The number of carboxylic acid groups (broad SMARTS) is 1. The highest BCUT2D eigenvalue weighted by Crippen LogP contribution is 2.18. The number of carboxylic acids is 1. The van der Waals surface area contributed by atoms with Gasteiger partial charge in [-0.2, -0.15) is 12.6 Å². The SMILES string of the molecule is C[C@@H](O)[C@H](NC(=O)[C@H](CC(N)=O)NC(=O)[C@@H](NC(=O)[C@H](CS)NC(=O)[C@H](CO)NC(=O)[C@@H]1CCCN1C(=O)CNC(=O)[C@H](CC(=O)O)NC(=O)CNC(=O)[C@@H](N)CCCN=C(N)N)[C@@H](C)O)C(N)=O. The molecule has 1 saturated heterocycles. The van der Waals surface area contributed by atoms with Crippen molar-refractivity contribution in [1.29, 1.82) is 0 Å². The third kappa shape index (κ3) is 21.3. The molecule has 1 rings (SSSR count). The van der Waals surface area contributed by atoms with Crippen LogP contribution in [0.1, 0.15) is 52.4 Å². The van der Waals surface area contributed by atoms with Crippen molar-refractivity contribution < 1.29 is 78.0 Å². The third-order valence-electron chi connectivity index (χ3n) is 9.87. The molecule has 0 saturated carbocycles. The number of hydrogen-bond donors (Lipinski definition) is 18. The number of amides is 11. The van der Waals surface area contributed by atoms with Crippen LogP contribution in [0.2, 0.25) is 0 Å². The van der Waals surface area contributed by atoms with E-state index in [1.165, 1.54) is 0 Å². The molecule has 32 heteroatoms. The van der Waals surface area contributed by atoms with Crippen LogP contribution < -0.4 is 71.2 Å². The summed E-state index contributed by atoms with van der Waals surface area (Å²) in [6.45, 7) is -0.157. The van der Waals surface area contributed by atoms with Gasteiger partial charge in [-0.25, -0.2) is 0 Å². The molecule has 1 fully saturated rings. The van der Waals surface area contributed by atoms with E-state index in [4.69, 9.17) is 28.7 Å². The number of thiol groups is 1. The Hall–Kier alpha value is -6.90. The molecular weight excluding hydrogens is 943 g/mol. The first-order chi connectivity index (χ1) is 32.2. The van der Waals surface area contributed by atoms with E-state index in [9.17, 15) is 78.0 Å². The summed E-state index contributed by atoms with van der Waals surface area (Å²) in [4.78, 5) is 157. The van der Waals surface area contributed by atoms with Gasteiger partial charge in [0.25, 0.3) is 0 Å². The highest BCUT2D eigenvalue weighted by atomic mass is 32.1. The molecule has 1 aliphatic rings. The summed E-state index contributed by atoms with van der Waals surface area (Å²) in [7, 11) is 0. The Labute approximate surface area is 399 Å². The first kappa shape index (κ1) is 60.1. The predicted octanol–water partition coefficient (Wildman–Crippen LogP) is -11.0. The van der Waals surface area contributed by atoms with Crippen molar-refractivity contribution in [3.05, 3.63) is 0 Å². The normalized spacial score (nSPS) is 17.0. The number of carbonyl (C=O) groups is 12. The zero-order valence-corrected chi connectivity index (χ0v) is 38.6. The largest absolute Gasteiger partial charge is 0.481 e.